The van der Waals surface area contributed by atoms with Crippen LogP contribution < -0.4 is 0 Å². The zero-order valence-electron chi connectivity index (χ0n) is 42.7. The van der Waals surface area contributed by atoms with E-state index >= 15 is 0 Å². The third-order valence-electron chi connectivity index (χ3n) is 12.1. The molecular weight excluding hydrogens is 897 g/mol. The van der Waals surface area contributed by atoms with E-state index in [-0.39, 0.29) is 19.6 Å². The molecule has 2 heterocycles. The number of aliphatic hydroxyl groups excluding tert-OH is 7. The quantitative estimate of drug-likeness (QED) is 0.0174. The van der Waals surface area contributed by atoms with Crippen LogP contribution in [0.15, 0.2) is 85.1 Å². The van der Waals surface area contributed by atoms with Crippen molar-refractivity contribution in [2.24, 2.45) is 0 Å². The van der Waals surface area contributed by atoms with Gasteiger partial charge in [0.15, 0.2) is 12.6 Å². The summed E-state index contributed by atoms with van der Waals surface area (Å²) in [5, 5.41) is 72.2. The number of allylic oxidation sites excluding steroid dienone is 14. The van der Waals surface area contributed by atoms with Crippen molar-refractivity contribution in [2.45, 2.75) is 229 Å². The zero-order chi connectivity index (χ0) is 50.9. The molecule has 0 aromatic heterocycles. The van der Waals surface area contributed by atoms with Crippen molar-refractivity contribution in [1.29, 1.82) is 0 Å². The molecule has 2 aliphatic heterocycles. The van der Waals surface area contributed by atoms with Gasteiger partial charge in [-0.1, -0.05) is 157 Å². The minimum Gasteiger partial charge on any atom is -0.457 e. The highest BCUT2D eigenvalue weighted by Gasteiger charge is 2.47. The lowest BCUT2D eigenvalue weighted by molar-refractivity contribution is -0.332. The number of rotatable bonds is 41. The number of hydrogen-bond donors (Lipinski definition) is 7. The SMILES string of the molecule is CC/C=C\C/C=C\C/C=C\C/C=C\C/C=C\C/C=C\CCCOCC(COC1OC(COC2OC(CO)C(O)C(O)C2O)C(O)C(O)C1O)OC(=O)CCCCCCC/C=C\CCCCCCCCC. The van der Waals surface area contributed by atoms with Gasteiger partial charge in [-0.25, -0.2) is 0 Å². The smallest absolute Gasteiger partial charge is 0.306 e. The first kappa shape index (κ1) is 63.3. The summed E-state index contributed by atoms with van der Waals surface area (Å²) in [4.78, 5) is 13.0. The first-order valence-electron chi connectivity index (χ1n) is 26.7. The van der Waals surface area contributed by atoms with Crippen LogP contribution in [0.5, 0.6) is 0 Å². The lowest BCUT2D eigenvalue weighted by Crippen LogP contribution is -2.61. The number of hydrogen-bond acceptors (Lipinski definition) is 14. The molecule has 0 radical (unpaired) electrons. The van der Waals surface area contributed by atoms with Gasteiger partial charge in [-0.05, 0) is 83.5 Å². The monoisotopic (exact) mass is 991 g/mol. The van der Waals surface area contributed by atoms with Gasteiger partial charge < -0.3 is 64.2 Å². The van der Waals surface area contributed by atoms with Gasteiger partial charge in [0, 0.05) is 13.0 Å². The molecular formula is C56H94O14. The normalized spacial score (nSPS) is 26.2. The first-order valence-corrected chi connectivity index (χ1v) is 26.7. The minimum absolute atomic E-state index is 0.0135. The highest BCUT2D eigenvalue weighted by Crippen LogP contribution is 2.26. The van der Waals surface area contributed by atoms with Gasteiger partial charge in [-0.2, -0.15) is 0 Å². The third kappa shape index (κ3) is 29.6. The third-order valence-corrected chi connectivity index (χ3v) is 12.1. The summed E-state index contributed by atoms with van der Waals surface area (Å²) >= 11 is 0. The predicted octanol–water partition coefficient (Wildman–Crippen LogP) is 8.46. The van der Waals surface area contributed by atoms with Crippen LogP contribution in [0.3, 0.4) is 0 Å². The van der Waals surface area contributed by atoms with Crippen LogP contribution in [-0.2, 0) is 33.2 Å². The van der Waals surface area contributed by atoms with Crippen LogP contribution in [0.4, 0.5) is 0 Å². The summed E-state index contributed by atoms with van der Waals surface area (Å²) in [6.45, 7) is 3.39. The van der Waals surface area contributed by atoms with E-state index in [0.29, 0.717) is 13.0 Å². The second-order valence-electron chi connectivity index (χ2n) is 18.3. The highest BCUT2D eigenvalue weighted by molar-refractivity contribution is 5.69. The maximum absolute atomic E-state index is 13.0. The molecule has 402 valence electrons. The predicted molar refractivity (Wildman–Crippen MR) is 275 cm³/mol. The maximum Gasteiger partial charge on any atom is 0.306 e. The van der Waals surface area contributed by atoms with E-state index in [1.165, 1.54) is 44.9 Å². The van der Waals surface area contributed by atoms with Gasteiger partial charge in [0.2, 0.25) is 0 Å². The highest BCUT2D eigenvalue weighted by atomic mass is 16.7. The van der Waals surface area contributed by atoms with Gasteiger partial charge in [0.1, 0.15) is 54.9 Å². The average molecular weight is 991 g/mol. The molecule has 2 aliphatic rings. The fourth-order valence-corrected chi connectivity index (χ4v) is 7.82. The van der Waals surface area contributed by atoms with Crippen molar-refractivity contribution in [3.05, 3.63) is 85.1 Å². The number of carbonyl (C=O) groups excluding carboxylic acids is 1. The van der Waals surface area contributed by atoms with E-state index < -0.39 is 86.7 Å². The van der Waals surface area contributed by atoms with E-state index in [2.05, 4.69) is 98.9 Å². The molecule has 0 spiro atoms. The Hall–Kier alpha value is -2.83. The summed E-state index contributed by atoms with van der Waals surface area (Å²) < 4.78 is 34.2. The standard InChI is InChI=1S/C56H94O14/c1-3-5-7-9-11-13-15-17-19-21-22-23-24-26-28-30-32-34-36-38-40-65-42-45(68-48(58)39-37-35-33-31-29-27-25-20-18-16-14-12-10-8-6-4-2)43-66-55-54(64)52(62)50(60)47(70-55)44-67-56-53(63)51(61)49(59)46(41-57)69-56/h5,7,11,13,17,19-20,22-23,25-26,28,32,34,45-47,49-57,59-64H,3-4,6,8-10,12,14-16,18,21,24,27,29-31,33,35-44H2,1-2H3/b7-5-,13-11-,19-17-,23-22-,25-20-,28-26-,34-32-. The van der Waals surface area contributed by atoms with Crippen LogP contribution >= 0.6 is 0 Å². The molecule has 0 aliphatic carbocycles. The molecule has 0 aromatic carbocycles. The molecule has 0 saturated carbocycles. The van der Waals surface area contributed by atoms with Gasteiger partial charge in [0.05, 0.1) is 26.4 Å². The minimum atomic E-state index is -1.72. The van der Waals surface area contributed by atoms with Crippen LogP contribution in [0.2, 0.25) is 0 Å². The molecule has 70 heavy (non-hydrogen) atoms. The Kier molecular flexibility index (Phi) is 38.6. The maximum atomic E-state index is 13.0. The summed E-state index contributed by atoms with van der Waals surface area (Å²) in [5.74, 6) is -0.408. The van der Waals surface area contributed by atoms with Crippen molar-refractivity contribution in [3.8, 4) is 0 Å². The van der Waals surface area contributed by atoms with Crippen molar-refractivity contribution < 1.29 is 69.0 Å². The number of esters is 1. The van der Waals surface area contributed by atoms with Gasteiger partial charge >= 0.3 is 5.97 Å². The molecule has 2 rings (SSSR count). The molecule has 0 aromatic rings. The fourth-order valence-electron chi connectivity index (χ4n) is 7.82. The summed E-state index contributed by atoms with van der Waals surface area (Å²) in [5.41, 5.74) is 0. The van der Waals surface area contributed by atoms with Crippen molar-refractivity contribution in [1.82, 2.24) is 0 Å². The van der Waals surface area contributed by atoms with E-state index in [4.69, 9.17) is 28.4 Å². The van der Waals surface area contributed by atoms with E-state index in [1.807, 2.05) is 0 Å². The Bertz CT molecular complexity index is 1480. The second-order valence-corrected chi connectivity index (χ2v) is 18.3. The number of carbonyl (C=O) groups is 1. The fraction of sp³-hybridized carbons (Fsp3) is 0.732. The lowest BCUT2D eigenvalue weighted by Gasteiger charge is -2.42. The Balaban J connectivity index is 1.79. The van der Waals surface area contributed by atoms with Crippen molar-refractivity contribution >= 4 is 5.97 Å². The van der Waals surface area contributed by atoms with Crippen LogP contribution in [0.25, 0.3) is 0 Å². The molecule has 7 N–H and O–H groups in total. The Morgan fingerprint density at radius 3 is 1.47 bits per heavy atom. The van der Waals surface area contributed by atoms with Gasteiger partial charge in [-0.3, -0.25) is 4.79 Å². The van der Waals surface area contributed by atoms with Crippen molar-refractivity contribution in [3.63, 3.8) is 0 Å². The molecule has 14 nitrogen and oxygen atoms in total. The molecule has 11 unspecified atom stereocenters. The average Bonchev–Trinajstić information content (AvgIpc) is 3.36. The van der Waals surface area contributed by atoms with Crippen LogP contribution in [0, 0.1) is 0 Å². The molecule has 11 atom stereocenters. The molecule has 14 heteroatoms. The Labute approximate surface area is 420 Å². The summed E-state index contributed by atoms with van der Waals surface area (Å²) in [7, 11) is 0. The lowest BCUT2D eigenvalue weighted by atomic mass is 9.98. The van der Waals surface area contributed by atoms with Crippen LogP contribution in [0.1, 0.15) is 162 Å². The summed E-state index contributed by atoms with van der Waals surface area (Å²) in [6.07, 6.45) is 37.9. The van der Waals surface area contributed by atoms with E-state index in [0.717, 1.165) is 89.9 Å². The molecule has 0 bridgehead atoms. The molecule has 2 fully saturated rings. The molecule has 2 saturated heterocycles. The second kappa shape index (κ2) is 42.7. The van der Waals surface area contributed by atoms with E-state index in [9.17, 15) is 40.5 Å². The zero-order valence-corrected chi connectivity index (χ0v) is 42.7. The topological polar surface area (TPSA) is 214 Å². The number of unbranched alkanes of at least 4 members (excludes halogenated alkanes) is 13. The molecule has 0 amide bonds. The number of ether oxygens (including phenoxy) is 6. The summed E-state index contributed by atoms with van der Waals surface area (Å²) in [6, 6.07) is 0. The Morgan fingerprint density at radius 2 is 0.929 bits per heavy atom. The largest absolute Gasteiger partial charge is 0.457 e. The first-order chi connectivity index (χ1) is 34.1. The van der Waals surface area contributed by atoms with Crippen molar-refractivity contribution in [2.75, 3.05) is 33.0 Å². The van der Waals surface area contributed by atoms with Crippen LogP contribution in [-0.4, -0.2) is 142 Å². The number of aliphatic hydroxyl groups is 7. The van der Waals surface area contributed by atoms with Gasteiger partial charge in [-0.15, -0.1) is 0 Å². The Morgan fingerprint density at radius 1 is 0.486 bits per heavy atom. The van der Waals surface area contributed by atoms with E-state index in [1.54, 1.807) is 0 Å². The van der Waals surface area contributed by atoms with Gasteiger partial charge in [0.25, 0.3) is 0 Å².